The number of alkyl carbamates (subject to hydrolysis) is 1. The van der Waals surface area contributed by atoms with Gasteiger partial charge in [0, 0.05) is 12.2 Å². The maximum atomic E-state index is 13.3. The fraction of sp³-hybridized carbons (Fsp3) is 0.233. The maximum Gasteiger partial charge on any atom is 0.407 e. The second-order valence-electron chi connectivity index (χ2n) is 10.1. The average Bonchev–Trinajstić information content (AvgIpc) is 3.29. The van der Waals surface area contributed by atoms with Crippen LogP contribution in [0.1, 0.15) is 59.7 Å². The number of carbonyl (C=O) groups is 2. The smallest absolute Gasteiger partial charge is 0.407 e. The number of hydrogen-bond acceptors (Lipinski definition) is 5. The Bertz CT molecular complexity index is 1420. The van der Waals surface area contributed by atoms with Crippen LogP contribution in [0.25, 0.3) is 5.69 Å². The van der Waals surface area contributed by atoms with E-state index in [-0.39, 0.29) is 18.5 Å². The molecule has 0 spiro atoms. The molecule has 196 valence electrons. The van der Waals surface area contributed by atoms with E-state index in [4.69, 9.17) is 10.5 Å². The summed E-state index contributed by atoms with van der Waals surface area (Å²) in [5, 5.41) is 10.3. The van der Waals surface area contributed by atoms with Gasteiger partial charge in [-0.05, 0) is 74.7 Å². The number of aromatic nitrogens is 2. The lowest BCUT2D eigenvalue weighted by Crippen LogP contribution is -2.32. The van der Waals surface area contributed by atoms with Crippen LogP contribution in [-0.4, -0.2) is 27.4 Å². The molecular weight excluding hydrogens is 478 g/mol. The molecule has 0 saturated heterocycles. The monoisotopic (exact) mass is 511 g/mol. The van der Waals surface area contributed by atoms with Gasteiger partial charge in [-0.15, -0.1) is 0 Å². The van der Waals surface area contributed by atoms with Crippen molar-refractivity contribution in [2.75, 3.05) is 5.32 Å². The van der Waals surface area contributed by atoms with Crippen molar-refractivity contribution in [3.63, 3.8) is 0 Å². The van der Waals surface area contributed by atoms with Gasteiger partial charge in [0.25, 0.3) is 5.91 Å². The molecule has 2 amide bonds. The summed E-state index contributed by atoms with van der Waals surface area (Å²) in [7, 11) is 0. The van der Waals surface area contributed by atoms with Crippen molar-refractivity contribution in [2.45, 2.75) is 45.9 Å². The molecule has 0 fully saturated rings. The lowest BCUT2D eigenvalue weighted by atomic mass is 9.99. The Balaban J connectivity index is 1.51. The molecule has 0 aliphatic rings. The van der Waals surface area contributed by atoms with E-state index >= 15 is 0 Å². The van der Waals surface area contributed by atoms with Crippen molar-refractivity contribution in [1.29, 1.82) is 0 Å². The highest BCUT2D eigenvalue weighted by atomic mass is 16.6. The Labute approximate surface area is 222 Å². The SMILES string of the molecule is Cc1cc(C(=O)Nc2cccc(C(N)c3ccccc3)c2)n(-c2cccc(CNC(=O)OC(C)(C)C)c2)n1. The fourth-order valence-corrected chi connectivity index (χ4v) is 4.00. The van der Waals surface area contributed by atoms with Crippen LogP contribution in [0.3, 0.4) is 0 Å². The maximum absolute atomic E-state index is 13.3. The molecule has 8 heteroatoms. The van der Waals surface area contributed by atoms with E-state index in [1.165, 1.54) is 0 Å². The number of hydrogen-bond donors (Lipinski definition) is 3. The van der Waals surface area contributed by atoms with Crippen LogP contribution in [0.5, 0.6) is 0 Å². The van der Waals surface area contributed by atoms with Gasteiger partial charge in [0.2, 0.25) is 0 Å². The Morgan fingerprint density at radius 3 is 2.39 bits per heavy atom. The van der Waals surface area contributed by atoms with Crippen LogP contribution < -0.4 is 16.4 Å². The molecule has 1 atom stereocenters. The van der Waals surface area contributed by atoms with E-state index < -0.39 is 11.7 Å². The molecule has 0 bridgehead atoms. The van der Waals surface area contributed by atoms with Crippen LogP contribution in [0.4, 0.5) is 10.5 Å². The van der Waals surface area contributed by atoms with Gasteiger partial charge < -0.3 is 21.1 Å². The zero-order valence-electron chi connectivity index (χ0n) is 22.1. The minimum Gasteiger partial charge on any atom is -0.444 e. The predicted octanol–water partition coefficient (Wildman–Crippen LogP) is 5.51. The Kier molecular flexibility index (Phi) is 7.93. The number of rotatable bonds is 7. The van der Waals surface area contributed by atoms with Crippen molar-refractivity contribution in [3.05, 3.63) is 113 Å². The summed E-state index contributed by atoms with van der Waals surface area (Å²) in [6, 6.07) is 26.2. The second kappa shape index (κ2) is 11.3. The Hall–Kier alpha value is -4.43. The van der Waals surface area contributed by atoms with Gasteiger partial charge in [0.05, 0.1) is 17.4 Å². The number of amides is 2. The van der Waals surface area contributed by atoms with Crippen molar-refractivity contribution in [2.24, 2.45) is 5.73 Å². The highest BCUT2D eigenvalue weighted by Crippen LogP contribution is 2.23. The number of nitrogens with one attached hydrogen (secondary N) is 2. The Morgan fingerprint density at radius 2 is 1.66 bits per heavy atom. The third kappa shape index (κ3) is 6.86. The third-order valence-corrected chi connectivity index (χ3v) is 5.72. The number of ether oxygens (including phenoxy) is 1. The van der Waals surface area contributed by atoms with Crippen molar-refractivity contribution in [1.82, 2.24) is 15.1 Å². The number of carbonyl (C=O) groups excluding carboxylic acids is 2. The Morgan fingerprint density at radius 1 is 0.947 bits per heavy atom. The number of benzene rings is 3. The first-order chi connectivity index (χ1) is 18.1. The molecule has 0 aliphatic carbocycles. The summed E-state index contributed by atoms with van der Waals surface area (Å²) in [5.41, 5.74) is 11.0. The van der Waals surface area contributed by atoms with Crippen LogP contribution in [0, 0.1) is 6.92 Å². The van der Waals surface area contributed by atoms with E-state index in [1.54, 1.807) is 10.7 Å². The first-order valence-electron chi connectivity index (χ1n) is 12.4. The van der Waals surface area contributed by atoms with Crippen LogP contribution >= 0.6 is 0 Å². The van der Waals surface area contributed by atoms with Crippen LogP contribution in [0.15, 0.2) is 84.9 Å². The van der Waals surface area contributed by atoms with Crippen LogP contribution in [0.2, 0.25) is 0 Å². The zero-order valence-corrected chi connectivity index (χ0v) is 22.1. The zero-order chi connectivity index (χ0) is 27.3. The lowest BCUT2D eigenvalue weighted by molar-refractivity contribution is 0.0523. The summed E-state index contributed by atoms with van der Waals surface area (Å²) in [5.74, 6) is -0.298. The molecule has 1 aromatic heterocycles. The molecular formula is C30H33N5O3. The summed E-state index contributed by atoms with van der Waals surface area (Å²) < 4.78 is 6.90. The van der Waals surface area contributed by atoms with Gasteiger partial charge in [-0.25, -0.2) is 9.48 Å². The van der Waals surface area contributed by atoms with E-state index in [9.17, 15) is 9.59 Å². The minimum absolute atomic E-state index is 0.277. The van der Waals surface area contributed by atoms with Gasteiger partial charge >= 0.3 is 6.09 Å². The van der Waals surface area contributed by atoms with Crippen LogP contribution in [-0.2, 0) is 11.3 Å². The summed E-state index contributed by atoms with van der Waals surface area (Å²) in [6.07, 6.45) is -0.493. The van der Waals surface area contributed by atoms with Crippen molar-refractivity contribution >= 4 is 17.7 Å². The quantitative estimate of drug-likeness (QED) is 0.303. The number of anilines is 1. The van der Waals surface area contributed by atoms with Gasteiger partial charge in [-0.3, -0.25) is 4.79 Å². The minimum atomic E-state index is -0.576. The molecule has 1 unspecified atom stereocenters. The van der Waals surface area contributed by atoms with E-state index in [0.717, 1.165) is 16.7 Å². The first-order valence-corrected chi connectivity index (χ1v) is 12.4. The van der Waals surface area contributed by atoms with E-state index in [0.29, 0.717) is 22.8 Å². The molecule has 8 nitrogen and oxygen atoms in total. The van der Waals surface area contributed by atoms with Gasteiger partial charge in [-0.1, -0.05) is 54.6 Å². The molecule has 38 heavy (non-hydrogen) atoms. The van der Waals surface area contributed by atoms with E-state index in [1.807, 2.05) is 107 Å². The molecule has 0 aliphatic heterocycles. The fourth-order valence-electron chi connectivity index (χ4n) is 4.00. The number of nitrogens with two attached hydrogens (primary N) is 1. The lowest BCUT2D eigenvalue weighted by Gasteiger charge is -2.19. The second-order valence-corrected chi connectivity index (χ2v) is 10.1. The van der Waals surface area contributed by atoms with Gasteiger partial charge in [-0.2, -0.15) is 5.10 Å². The summed E-state index contributed by atoms with van der Waals surface area (Å²) in [4.78, 5) is 25.4. The molecule has 4 aromatic rings. The third-order valence-electron chi connectivity index (χ3n) is 5.72. The average molecular weight is 512 g/mol. The van der Waals surface area contributed by atoms with Crippen molar-refractivity contribution in [3.8, 4) is 5.69 Å². The molecule has 1 heterocycles. The highest BCUT2D eigenvalue weighted by molar-refractivity contribution is 6.03. The first kappa shape index (κ1) is 26.6. The molecule has 4 rings (SSSR count). The molecule has 4 N–H and O–H groups in total. The number of nitrogens with zero attached hydrogens (tertiary/aromatic N) is 2. The van der Waals surface area contributed by atoms with Gasteiger partial charge in [0.1, 0.15) is 11.3 Å². The molecule has 3 aromatic carbocycles. The summed E-state index contributed by atoms with van der Waals surface area (Å²) in [6.45, 7) is 7.55. The van der Waals surface area contributed by atoms with Crippen molar-refractivity contribution < 1.29 is 14.3 Å². The largest absolute Gasteiger partial charge is 0.444 e. The molecule has 0 saturated carbocycles. The number of aryl methyl sites for hydroxylation is 1. The highest BCUT2D eigenvalue weighted by Gasteiger charge is 2.18. The summed E-state index contributed by atoms with van der Waals surface area (Å²) >= 11 is 0. The predicted molar refractivity (Wildman–Crippen MR) is 148 cm³/mol. The van der Waals surface area contributed by atoms with E-state index in [2.05, 4.69) is 15.7 Å². The topological polar surface area (TPSA) is 111 Å². The standard InChI is InChI=1S/C30H33N5O3/c1-20-16-26(28(36)33-24-14-9-13-23(18-24)27(31)22-11-6-5-7-12-22)35(34-20)25-15-8-10-21(17-25)19-32-29(37)38-30(2,3)4/h5-18,27H,19,31H2,1-4H3,(H,32,37)(H,33,36). The van der Waals surface area contributed by atoms with Gasteiger partial charge in [0.15, 0.2) is 0 Å². The normalized spacial score (nSPS) is 12.0. The molecule has 0 radical (unpaired) electrons.